The average molecular weight is 435 g/mol. The van der Waals surface area contributed by atoms with Crippen molar-refractivity contribution in [2.45, 2.75) is 19.3 Å². The number of rotatable bonds is 9. The van der Waals surface area contributed by atoms with Gasteiger partial charge in [0.2, 0.25) is 0 Å². The summed E-state index contributed by atoms with van der Waals surface area (Å²) in [6, 6.07) is 26.7. The van der Waals surface area contributed by atoms with Gasteiger partial charge in [0, 0.05) is 37.7 Å². The van der Waals surface area contributed by atoms with Crippen LogP contribution in [-0.4, -0.2) is 49.1 Å². The lowest BCUT2D eigenvalue weighted by molar-refractivity contribution is 0.132. The van der Waals surface area contributed by atoms with Crippen molar-refractivity contribution in [1.29, 1.82) is 0 Å². The van der Waals surface area contributed by atoms with Gasteiger partial charge in [0.05, 0.1) is 0 Å². The van der Waals surface area contributed by atoms with Crippen LogP contribution >= 0.6 is 11.6 Å². The SMILES string of the molecule is Clc1ccc(CCN2CCN(CCCc3ccccc3)CC2)c(Oc2ccccc2)c1. The molecule has 0 bridgehead atoms. The molecule has 1 aliphatic rings. The summed E-state index contributed by atoms with van der Waals surface area (Å²) in [6.07, 6.45) is 3.37. The molecular weight excluding hydrogens is 404 g/mol. The number of nitrogens with zero attached hydrogens (tertiary/aromatic N) is 2. The molecule has 1 fully saturated rings. The van der Waals surface area contributed by atoms with Crippen LogP contribution in [0.25, 0.3) is 0 Å². The normalized spacial score (nSPS) is 15.1. The molecule has 31 heavy (non-hydrogen) atoms. The Morgan fingerprint density at radius 1 is 0.710 bits per heavy atom. The van der Waals surface area contributed by atoms with E-state index in [0.717, 1.165) is 50.6 Å². The molecule has 0 spiro atoms. The Kier molecular flexibility index (Phi) is 8.00. The van der Waals surface area contributed by atoms with Crippen molar-refractivity contribution in [1.82, 2.24) is 9.80 Å². The van der Waals surface area contributed by atoms with Crippen LogP contribution in [0.4, 0.5) is 0 Å². The van der Waals surface area contributed by atoms with E-state index in [1.807, 2.05) is 42.5 Å². The van der Waals surface area contributed by atoms with Gasteiger partial charge >= 0.3 is 0 Å². The van der Waals surface area contributed by atoms with E-state index < -0.39 is 0 Å². The first kappa shape index (κ1) is 21.9. The van der Waals surface area contributed by atoms with Crippen LogP contribution in [0.15, 0.2) is 78.9 Å². The van der Waals surface area contributed by atoms with Crippen molar-refractivity contribution in [2.24, 2.45) is 0 Å². The molecule has 4 rings (SSSR count). The lowest BCUT2D eigenvalue weighted by Gasteiger charge is -2.34. The van der Waals surface area contributed by atoms with Gasteiger partial charge in [-0.3, -0.25) is 0 Å². The number of hydrogen-bond acceptors (Lipinski definition) is 3. The number of ether oxygens (including phenoxy) is 1. The topological polar surface area (TPSA) is 15.7 Å². The van der Waals surface area contributed by atoms with Crippen LogP contribution in [0.3, 0.4) is 0 Å². The molecular formula is C27H31ClN2O. The Hall–Kier alpha value is -2.33. The van der Waals surface area contributed by atoms with Gasteiger partial charge < -0.3 is 14.5 Å². The maximum Gasteiger partial charge on any atom is 0.132 e. The van der Waals surface area contributed by atoms with Gasteiger partial charge in [0.25, 0.3) is 0 Å². The van der Waals surface area contributed by atoms with E-state index in [1.54, 1.807) is 0 Å². The summed E-state index contributed by atoms with van der Waals surface area (Å²) in [4.78, 5) is 5.17. The molecule has 162 valence electrons. The highest BCUT2D eigenvalue weighted by molar-refractivity contribution is 6.30. The first-order chi connectivity index (χ1) is 15.3. The second kappa shape index (κ2) is 11.3. The summed E-state index contributed by atoms with van der Waals surface area (Å²) in [7, 11) is 0. The summed E-state index contributed by atoms with van der Waals surface area (Å²) in [5.74, 6) is 1.70. The fourth-order valence-corrected chi connectivity index (χ4v) is 4.27. The molecule has 0 saturated carbocycles. The van der Waals surface area contributed by atoms with Gasteiger partial charge in [-0.25, -0.2) is 0 Å². The third kappa shape index (κ3) is 6.83. The van der Waals surface area contributed by atoms with Crippen molar-refractivity contribution >= 4 is 11.6 Å². The van der Waals surface area contributed by atoms with Gasteiger partial charge in [0.1, 0.15) is 11.5 Å². The Labute approximate surface area is 191 Å². The summed E-state index contributed by atoms with van der Waals surface area (Å²) in [6.45, 7) is 6.81. The minimum atomic E-state index is 0.707. The van der Waals surface area contributed by atoms with Gasteiger partial charge in [0.15, 0.2) is 0 Å². The predicted molar refractivity (Wildman–Crippen MR) is 129 cm³/mol. The zero-order valence-corrected chi connectivity index (χ0v) is 18.8. The van der Waals surface area contributed by atoms with Crippen molar-refractivity contribution in [2.75, 3.05) is 39.3 Å². The quantitative estimate of drug-likeness (QED) is 0.415. The lowest BCUT2D eigenvalue weighted by Crippen LogP contribution is -2.47. The van der Waals surface area contributed by atoms with E-state index in [9.17, 15) is 0 Å². The fraction of sp³-hybridized carbons (Fsp3) is 0.333. The highest BCUT2D eigenvalue weighted by atomic mass is 35.5. The average Bonchev–Trinajstić information content (AvgIpc) is 2.81. The van der Waals surface area contributed by atoms with Crippen LogP contribution in [0.1, 0.15) is 17.5 Å². The maximum atomic E-state index is 6.23. The molecule has 1 heterocycles. The van der Waals surface area contributed by atoms with Crippen LogP contribution in [0, 0.1) is 0 Å². The molecule has 4 heteroatoms. The molecule has 3 aromatic rings. The Morgan fingerprint density at radius 3 is 2.06 bits per heavy atom. The fourth-order valence-electron chi connectivity index (χ4n) is 4.11. The summed E-state index contributed by atoms with van der Waals surface area (Å²) >= 11 is 6.23. The van der Waals surface area contributed by atoms with Crippen molar-refractivity contribution in [3.05, 3.63) is 95.0 Å². The first-order valence-corrected chi connectivity index (χ1v) is 11.6. The Balaban J connectivity index is 1.22. The van der Waals surface area contributed by atoms with Gasteiger partial charge in [-0.2, -0.15) is 0 Å². The lowest BCUT2D eigenvalue weighted by atomic mass is 10.1. The Bertz CT molecular complexity index is 924. The highest BCUT2D eigenvalue weighted by Gasteiger charge is 2.17. The van der Waals surface area contributed by atoms with E-state index in [0.29, 0.717) is 5.02 Å². The number of aryl methyl sites for hydroxylation is 1. The highest BCUT2D eigenvalue weighted by Crippen LogP contribution is 2.29. The molecule has 0 N–H and O–H groups in total. The molecule has 3 aromatic carbocycles. The summed E-state index contributed by atoms with van der Waals surface area (Å²) in [5, 5.41) is 0.707. The molecule has 3 nitrogen and oxygen atoms in total. The molecule has 0 atom stereocenters. The van der Waals surface area contributed by atoms with Crippen LogP contribution in [-0.2, 0) is 12.8 Å². The number of piperazine rings is 1. The van der Waals surface area contributed by atoms with E-state index in [4.69, 9.17) is 16.3 Å². The molecule has 1 saturated heterocycles. The largest absolute Gasteiger partial charge is 0.457 e. The third-order valence-corrected chi connectivity index (χ3v) is 6.18. The molecule has 0 unspecified atom stereocenters. The molecule has 0 aromatic heterocycles. The third-order valence-electron chi connectivity index (χ3n) is 5.95. The first-order valence-electron chi connectivity index (χ1n) is 11.3. The molecule has 0 amide bonds. The van der Waals surface area contributed by atoms with Crippen LogP contribution in [0.5, 0.6) is 11.5 Å². The predicted octanol–water partition coefficient (Wildman–Crippen LogP) is 5.93. The van der Waals surface area contributed by atoms with E-state index in [1.165, 1.54) is 30.5 Å². The van der Waals surface area contributed by atoms with E-state index in [2.05, 4.69) is 46.2 Å². The monoisotopic (exact) mass is 434 g/mol. The van der Waals surface area contributed by atoms with Crippen molar-refractivity contribution in [3.63, 3.8) is 0 Å². The van der Waals surface area contributed by atoms with Gasteiger partial charge in [-0.05, 0) is 61.2 Å². The molecule has 1 aliphatic heterocycles. The van der Waals surface area contributed by atoms with Gasteiger partial charge in [-0.1, -0.05) is 66.2 Å². The smallest absolute Gasteiger partial charge is 0.132 e. The van der Waals surface area contributed by atoms with Crippen molar-refractivity contribution < 1.29 is 4.74 Å². The van der Waals surface area contributed by atoms with Crippen molar-refractivity contribution in [3.8, 4) is 11.5 Å². The summed E-state index contributed by atoms with van der Waals surface area (Å²) in [5.41, 5.74) is 2.65. The molecule has 0 radical (unpaired) electrons. The minimum absolute atomic E-state index is 0.707. The van der Waals surface area contributed by atoms with Gasteiger partial charge in [-0.15, -0.1) is 0 Å². The maximum absolute atomic E-state index is 6.23. The Morgan fingerprint density at radius 2 is 1.35 bits per heavy atom. The minimum Gasteiger partial charge on any atom is -0.457 e. The van der Waals surface area contributed by atoms with E-state index in [-0.39, 0.29) is 0 Å². The zero-order valence-electron chi connectivity index (χ0n) is 18.1. The number of para-hydroxylation sites is 1. The van der Waals surface area contributed by atoms with Crippen LogP contribution < -0.4 is 4.74 Å². The number of benzene rings is 3. The second-order valence-electron chi connectivity index (χ2n) is 8.19. The zero-order chi connectivity index (χ0) is 21.3. The number of hydrogen-bond donors (Lipinski definition) is 0. The number of halogens is 1. The summed E-state index contributed by atoms with van der Waals surface area (Å²) < 4.78 is 6.12. The second-order valence-corrected chi connectivity index (χ2v) is 8.63. The molecule has 0 aliphatic carbocycles. The standard InChI is InChI=1S/C27H31ClN2O/c28-25-14-13-24(27(22-25)31-26-11-5-2-6-12-26)15-17-30-20-18-29(19-21-30)16-7-10-23-8-3-1-4-9-23/h1-6,8-9,11-14,22H,7,10,15-21H2. The van der Waals surface area contributed by atoms with Crippen LogP contribution in [0.2, 0.25) is 5.02 Å². The van der Waals surface area contributed by atoms with E-state index >= 15 is 0 Å².